The number of carbonyl (C=O) groups excluding carboxylic acids is 1. The molecular weight excluding hydrogens is 480 g/mol. The molecule has 5 nitrogen and oxygen atoms in total. The number of allylic oxidation sites excluding steroid dienone is 2. The first kappa shape index (κ1) is 29.6. The highest BCUT2D eigenvalue weighted by molar-refractivity contribution is 6.74. The number of fused-ring (bicyclic) bond motifs is 1. The van der Waals surface area contributed by atoms with Crippen LogP contribution in [0, 0.1) is 5.92 Å². The van der Waals surface area contributed by atoms with Crippen LogP contribution >= 0.6 is 0 Å². The summed E-state index contributed by atoms with van der Waals surface area (Å²) in [6.45, 7) is 21.1. The van der Waals surface area contributed by atoms with Crippen LogP contribution in [0.3, 0.4) is 0 Å². The Balaban J connectivity index is 1.97. The van der Waals surface area contributed by atoms with Crippen molar-refractivity contribution < 1.29 is 23.4 Å². The molecule has 2 aliphatic heterocycles. The summed E-state index contributed by atoms with van der Waals surface area (Å²) in [5.74, 6) is -0.290. The molecule has 0 saturated carbocycles. The SMILES string of the molecule is C=C/C=C(\C)[C@H]1OC(=O)C[C@H](O[Si](C)(C)C(C)(C)C)CC[C@@]2(C)O[C@@H](c3ccccc3)O[C@H]2/C=C\[C@@H]1C. The third-order valence-electron chi connectivity index (χ3n) is 8.10. The van der Waals surface area contributed by atoms with Gasteiger partial charge >= 0.3 is 5.97 Å². The van der Waals surface area contributed by atoms with E-state index in [2.05, 4.69) is 66.4 Å². The molecule has 1 fully saturated rings. The van der Waals surface area contributed by atoms with Gasteiger partial charge in [0, 0.05) is 11.5 Å². The fourth-order valence-corrected chi connectivity index (χ4v) is 6.10. The molecule has 0 radical (unpaired) electrons. The van der Waals surface area contributed by atoms with Crippen molar-refractivity contribution in [1.82, 2.24) is 0 Å². The third kappa shape index (κ3) is 7.32. The van der Waals surface area contributed by atoms with E-state index < -0.39 is 26.3 Å². The monoisotopic (exact) mass is 526 g/mol. The molecule has 1 saturated heterocycles. The molecule has 6 heteroatoms. The van der Waals surface area contributed by atoms with Gasteiger partial charge < -0.3 is 18.6 Å². The van der Waals surface area contributed by atoms with Gasteiger partial charge in [-0.15, -0.1) is 0 Å². The standard InChI is InChI=1S/C31H46O5Si/c1-10-14-22(2)28-23(3)17-18-26-31(7,35-29(33-26)24-15-12-11-13-16-24)20-19-25(21-27(32)34-28)36-37(8,9)30(4,5)6/h10-18,23,25-26,28-29H,1,19-21H2,2-9H3/b18-17-,22-14+/t23-,25+,26-,28+,29-,31+/m0/s1. The van der Waals surface area contributed by atoms with Crippen LogP contribution in [0.2, 0.25) is 18.1 Å². The summed E-state index contributed by atoms with van der Waals surface area (Å²) in [5, 5.41) is 0.0292. The molecule has 2 heterocycles. The van der Waals surface area contributed by atoms with Gasteiger partial charge in [0.1, 0.15) is 12.2 Å². The first-order valence-electron chi connectivity index (χ1n) is 13.5. The van der Waals surface area contributed by atoms with Crippen molar-refractivity contribution in [2.75, 3.05) is 0 Å². The van der Waals surface area contributed by atoms with Crippen molar-refractivity contribution in [3.8, 4) is 0 Å². The van der Waals surface area contributed by atoms with Crippen LogP contribution in [-0.2, 0) is 23.4 Å². The van der Waals surface area contributed by atoms with Gasteiger partial charge in [0.25, 0.3) is 0 Å². The summed E-state index contributed by atoms with van der Waals surface area (Å²) in [7, 11) is -2.12. The number of rotatable bonds is 5. The van der Waals surface area contributed by atoms with Crippen molar-refractivity contribution in [2.45, 2.75) is 109 Å². The van der Waals surface area contributed by atoms with Gasteiger partial charge in [0.05, 0.1) is 18.1 Å². The van der Waals surface area contributed by atoms with E-state index in [1.165, 1.54) is 0 Å². The van der Waals surface area contributed by atoms with Crippen molar-refractivity contribution in [3.05, 3.63) is 72.4 Å². The average molecular weight is 527 g/mol. The van der Waals surface area contributed by atoms with Crippen LogP contribution < -0.4 is 0 Å². The highest BCUT2D eigenvalue weighted by Gasteiger charge is 2.47. The Kier molecular flexibility index (Phi) is 9.44. The molecule has 0 bridgehead atoms. The van der Waals surface area contributed by atoms with Crippen LogP contribution in [0.1, 0.15) is 72.7 Å². The molecule has 1 aromatic carbocycles. The van der Waals surface area contributed by atoms with Gasteiger partial charge in [0.2, 0.25) is 0 Å². The lowest BCUT2D eigenvalue weighted by molar-refractivity contribution is -0.151. The number of esters is 1. The maximum absolute atomic E-state index is 13.2. The third-order valence-corrected chi connectivity index (χ3v) is 12.6. The molecule has 37 heavy (non-hydrogen) atoms. The molecular formula is C31H46O5Si. The van der Waals surface area contributed by atoms with Crippen LogP contribution in [0.25, 0.3) is 0 Å². The van der Waals surface area contributed by atoms with E-state index in [0.29, 0.717) is 12.8 Å². The summed E-state index contributed by atoms with van der Waals surface area (Å²) >= 11 is 0. The van der Waals surface area contributed by atoms with E-state index in [9.17, 15) is 4.79 Å². The Morgan fingerprint density at radius 2 is 1.86 bits per heavy atom. The lowest BCUT2D eigenvalue weighted by Gasteiger charge is -2.40. The zero-order valence-electron chi connectivity index (χ0n) is 24.0. The molecule has 0 aliphatic carbocycles. The van der Waals surface area contributed by atoms with Crippen molar-refractivity contribution in [2.24, 2.45) is 5.92 Å². The minimum absolute atomic E-state index is 0.0292. The van der Waals surface area contributed by atoms with Gasteiger partial charge in [-0.05, 0) is 50.4 Å². The summed E-state index contributed by atoms with van der Waals surface area (Å²) in [6.07, 6.45) is 8.05. The quantitative estimate of drug-likeness (QED) is 0.170. The van der Waals surface area contributed by atoms with E-state index >= 15 is 0 Å². The van der Waals surface area contributed by atoms with E-state index in [1.807, 2.05) is 43.3 Å². The van der Waals surface area contributed by atoms with E-state index in [-0.39, 0.29) is 35.6 Å². The normalized spacial score (nSPS) is 33.0. The number of benzene rings is 1. The zero-order chi connectivity index (χ0) is 27.4. The van der Waals surface area contributed by atoms with Crippen LogP contribution in [0.5, 0.6) is 0 Å². The molecule has 1 aromatic rings. The molecule has 3 rings (SSSR count). The van der Waals surface area contributed by atoms with Crippen LogP contribution in [0.15, 0.2) is 66.8 Å². The topological polar surface area (TPSA) is 54.0 Å². The molecule has 0 amide bonds. The smallest absolute Gasteiger partial charge is 0.308 e. The summed E-state index contributed by atoms with van der Waals surface area (Å²) in [4.78, 5) is 13.2. The highest BCUT2D eigenvalue weighted by Crippen LogP contribution is 2.44. The highest BCUT2D eigenvalue weighted by atomic mass is 28.4. The van der Waals surface area contributed by atoms with E-state index in [4.69, 9.17) is 18.6 Å². The lowest BCUT2D eigenvalue weighted by atomic mass is 9.89. The minimum atomic E-state index is -2.12. The molecule has 6 atom stereocenters. The fourth-order valence-electron chi connectivity index (χ4n) is 4.72. The molecule has 0 N–H and O–H groups in total. The largest absolute Gasteiger partial charge is 0.457 e. The summed E-state index contributed by atoms with van der Waals surface area (Å²) in [6, 6.07) is 10.1. The number of cyclic esters (lactones) is 1. The van der Waals surface area contributed by atoms with Crippen molar-refractivity contribution >= 4 is 14.3 Å². The molecule has 0 unspecified atom stereocenters. The summed E-state index contributed by atoms with van der Waals surface area (Å²) in [5.41, 5.74) is 1.39. The first-order valence-corrected chi connectivity index (χ1v) is 16.4. The van der Waals surface area contributed by atoms with Gasteiger partial charge in [-0.2, -0.15) is 0 Å². The van der Waals surface area contributed by atoms with Gasteiger partial charge in [-0.25, -0.2) is 0 Å². The predicted octanol–water partition coefficient (Wildman–Crippen LogP) is 7.67. The molecule has 0 aromatic heterocycles. The van der Waals surface area contributed by atoms with Gasteiger partial charge in [-0.3, -0.25) is 4.79 Å². The van der Waals surface area contributed by atoms with E-state index in [1.54, 1.807) is 6.08 Å². The second-order valence-electron chi connectivity index (χ2n) is 12.3. The average Bonchev–Trinajstić information content (AvgIpc) is 3.15. The number of hydrogen-bond donors (Lipinski definition) is 0. The van der Waals surface area contributed by atoms with E-state index in [0.717, 1.165) is 11.1 Å². The van der Waals surface area contributed by atoms with Gasteiger partial charge in [-0.1, -0.05) is 88.9 Å². The Hall–Kier alpha value is -1.99. The number of ether oxygens (including phenoxy) is 3. The Labute approximate surface area is 225 Å². The summed E-state index contributed by atoms with van der Waals surface area (Å²) < 4.78 is 25.9. The maximum Gasteiger partial charge on any atom is 0.308 e. The Bertz CT molecular complexity index is 993. The predicted molar refractivity (Wildman–Crippen MR) is 152 cm³/mol. The maximum atomic E-state index is 13.2. The first-order chi connectivity index (χ1) is 17.3. The zero-order valence-corrected chi connectivity index (χ0v) is 25.0. The lowest BCUT2D eigenvalue weighted by Crippen LogP contribution is -2.45. The number of carbonyl (C=O) groups is 1. The van der Waals surface area contributed by atoms with Crippen molar-refractivity contribution in [3.63, 3.8) is 0 Å². The molecule has 2 aliphatic rings. The van der Waals surface area contributed by atoms with Gasteiger partial charge in [0.15, 0.2) is 14.6 Å². The second kappa shape index (κ2) is 11.8. The van der Waals surface area contributed by atoms with Crippen LogP contribution in [0.4, 0.5) is 0 Å². The molecule has 0 spiro atoms. The molecule has 204 valence electrons. The van der Waals surface area contributed by atoms with Crippen LogP contribution in [-0.4, -0.2) is 38.2 Å². The Morgan fingerprint density at radius 1 is 1.19 bits per heavy atom. The minimum Gasteiger partial charge on any atom is -0.457 e. The second-order valence-corrected chi connectivity index (χ2v) is 17.0. The van der Waals surface area contributed by atoms with Crippen molar-refractivity contribution in [1.29, 1.82) is 0 Å². The fraction of sp³-hybridized carbons (Fsp3) is 0.581. The number of hydrogen-bond acceptors (Lipinski definition) is 5. The Morgan fingerprint density at radius 3 is 2.49 bits per heavy atom.